The SMILES string of the molecule is CCn1c(N)c(C(=O)CN2CC[C@H]3CCCC[C@@H]3C2)c(=O)[nH]c1=O. The number of anilines is 1. The fourth-order valence-electron chi connectivity index (χ4n) is 4.27. The van der Waals surface area contributed by atoms with Crippen molar-refractivity contribution >= 4 is 11.6 Å². The molecule has 24 heavy (non-hydrogen) atoms. The average molecular weight is 334 g/mol. The Morgan fingerprint density at radius 1 is 1.21 bits per heavy atom. The lowest BCUT2D eigenvalue weighted by molar-refractivity contribution is 0.0712. The van der Waals surface area contributed by atoms with Gasteiger partial charge in [0, 0.05) is 13.1 Å². The zero-order chi connectivity index (χ0) is 17.3. The third kappa shape index (κ3) is 3.17. The Hall–Kier alpha value is -1.89. The van der Waals surface area contributed by atoms with Crippen LogP contribution in [0.5, 0.6) is 0 Å². The molecule has 0 radical (unpaired) electrons. The van der Waals surface area contributed by atoms with Crippen LogP contribution in [0.3, 0.4) is 0 Å². The van der Waals surface area contributed by atoms with E-state index in [1.807, 2.05) is 0 Å². The molecular weight excluding hydrogens is 308 g/mol. The number of nitrogens with zero attached hydrogens (tertiary/aromatic N) is 2. The molecule has 1 saturated heterocycles. The number of Topliss-reactive ketones (excluding diaryl/α,β-unsaturated/α-hetero) is 1. The smallest absolute Gasteiger partial charge is 0.329 e. The topological polar surface area (TPSA) is 101 Å². The van der Waals surface area contributed by atoms with Crippen LogP contribution in [0.2, 0.25) is 0 Å². The number of nitrogen functional groups attached to an aromatic ring is 1. The fraction of sp³-hybridized carbons (Fsp3) is 0.706. The number of aromatic nitrogens is 2. The van der Waals surface area contributed by atoms with Gasteiger partial charge in [-0.25, -0.2) is 4.79 Å². The normalized spacial score (nSPS) is 24.5. The Morgan fingerprint density at radius 2 is 1.92 bits per heavy atom. The number of ketones is 1. The van der Waals surface area contributed by atoms with Crippen LogP contribution in [0.1, 0.15) is 49.4 Å². The maximum absolute atomic E-state index is 12.6. The maximum atomic E-state index is 12.6. The molecule has 2 aliphatic rings. The molecule has 1 aliphatic carbocycles. The van der Waals surface area contributed by atoms with Crippen molar-refractivity contribution in [3.8, 4) is 0 Å². The van der Waals surface area contributed by atoms with Gasteiger partial charge in [0.15, 0.2) is 5.78 Å². The van der Waals surface area contributed by atoms with E-state index in [1.165, 1.54) is 30.3 Å². The molecule has 0 amide bonds. The van der Waals surface area contributed by atoms with Gasteiger partial charge in [0.05, 0.1) is 6.54 Å². The number of nitrogens with two attached hydrogens (primary N) is 1. The minimum Gasteiger partial charge on any atom is -0.384 e. The van der Waals surface area contributed by atoms with Crippen LogP contribution in [-0.4, -0.2) is 39.9 Å². The first kappa shape index (κ1) is 17.0. The van der Waals surface area contributed by atoms with E-state index < -0.39 is 11.2 Å². The molecule has 0 unspecified atom stereocenters. The van der Waals surface area contributed by atoms with Crippen LogP contribution < -0.4 is 17.0 Å². The molecule has 132 valence electrons. The number of carbonyl (C=O) groups excluding carboxylic acids is 1. The first-order valence-corrected chi connectivity index (χ1v) is 8.89. The zero-order valence-electron chi connectivity index (χ0n) is 14.2. The van der Waals surface area contributed by atoms with Gasteiger partial charge < -0.3 is 5.73 Å². The highest BCUT2D eigenvalue weighted by Gasteiger charge is 2.32. The summed E-state index contributed by atoms with van der Waals surface area (Å²) >= 11 is 0. The number of fused-ring (bicyclic) bond motifs is 1. The van der Waals surface area contributed by atoms with Crippen molar-refractivity contribution in [2.45, 2.75) is 45.6 Å². The first-order valence-electron chi connectivity index (χ1n) is 8.89. The summed E-state index contributed by atoms with van der Waals surface area (Å²) in [5.74, 6) is 1.13. The number of hydrogen-bond donors (Lipinski definition) is 2. The average Bonchev–Trinajstić information content (AvgIpc) is 2.54. The minimum atomic E-state index is -0.681. The number of likely N-dealkylation sites (tertiary alicyclic amines) is 1. The molecule has 2 fully saturated rings. The number of hydrogen-bond acceptors (Lipinski definition) is 5. The molecule has 1 saturated carbocycles. The number of rotatable bonds is 4. The highest BCUT2D eigenvalue weighted by atomic mass is 16.2. The van der Waals surface area contributed by atoms with E-state index in [4.69, 9.17) is 5.73 Å². The Bertz CT molecular complexity index is 736. The standard InChI is InChI=1S/C17H26N4O3/c1-2-21-15(18)14(16(23)19-17(21)24)13(22)10-20-8-7-11-5-3-4-6-12(11)9-20/h11-12H,2-10,18H2,1H3,(H,19,23,24)/t11-,12-/m1/s1. The van der Waals surface area contributed by atoms with E-state index in [2.05, 4.69) is 9.88 Å². The first-order chi connectivity index (χ1) is 11.5. The van der Waals surface area contributed by atoms with Crippen LogP contribution in [0, 0.1) is 11.8 Å². The molecule has 0 spiro atoms. The maximum Gasteiger partial charge on any atom is 0.329 e. The number of H-pyrrole nitrogens is 1. The van der Waals surface area contributed by atoms with Crippen molar-refractivity contribution in [3.05, 3.63) is 26.4 Å². The lowest BCUT2D eigenvalue weighted by Gasteiger charge is -2.41. The Labute approximate surface area is 140 Å². The summed E-state index contributed by atoms with van der Waals surface area (Å²) in [6.07, 6.45) is 6.26. The molecule has 0 bridgehead atoms. The van der Waals surface area contributed by atoms with Gasteiger partial charge in [0.1, 0.15) is 11.4 Å². The van der Waals surface area contributed by atoms with E-state index in [9.17, 15) is 14.4 Å². The van der Waals surface area contributed by atoms with Gasteiger partial charge in [-0.3, -0.25) is 24.0 Å². The van der Waals surface area contributed by atoms with E-state index in [-0.39, 0.29) is 23.7 Å². The zero-order valence-corrected chi connectivity index (χ0v) is 14.2. The highest BCUT2D eigenvalue weighted by molar-refractivity contribution is 6.01. The molecule has 0 aromatic carbocycles. The van der Waals surface area contributed by atoms with Gasteiger partial charge in [0.2, 0.25) is 0 Å². The molecule has 2 heterocycles. The number of carbonyl (C=O) groups is 1. The molecule has 1 aliphatic heterocycles. The lowest BCUT2D eigenvalue weighted by atomic mass is 9.75. The van der Waals surface area contributed by atoms with Crippen molar-refractivity contribution in [2.24, 2.45) is 11.8 Å². The van der Waals surface area contributed by atoms with Crippen molar-refractivity contribution in [1.82, 2.24) is 14.5 Å². The van der Waals surface area contributed by atoms with Crippen molar-refractivity contribution in [3.63, 3.8) is 0 Å². The number of piperidine rings is 1. The largest absolute Gasteiger partial charge is 0.384 e. The second-order valence-electron chi connectivity index (χ2n) is 7.02. The van der Waals surface area contributed by atoms with E-state index in [0.29, 0.717) is 12.5 Å². The molecular formula is C17H26N4O3. The predicted molar refractivity (Wildman–Crippen MR) is 92.2 cm³/mol. The molecule has 1 aromatic heterocycles. The van der Waals surface area contributed by atoms with Gasteiger partial charge >= 0.3 is 5.69 Å². The number of nitrogens with one attached hydrogen (secondary N) is 1. The fourth-order valence-corrected chi connectivity index (χ4v) is 4.27. The van der Waals surface area contributed by atoms with E-state index in [1.54, 1.807) is 6.92 Å². The van der Waals surface area contributed by atoms with Gasteiger partial charge in [0.25, 0.3) is 5.56 Å². The van der Waals surface area contributed by atoms with Crippen LogP contribution in [0.15, 0.2) is 9.59 Å². The summed E-state index contributed by atoms with van der Waals surface area (Å²) in [7, 11) is 0. The van der Waals surface area contributed by atoms with Crippen LogP contribution in [0.25, 0.3) is 0 Å². The second-order valence-corrected chi connectivity index (χ2v) is 7.02. The monoisotopic (exact) mass is 334 g/mol. The summed E-state index contributed by atoms with van der Waals surface area (Å²) in [5.41, 5.74) is 4.58. The Kier molecular flexibility index (Phi) is 4.89. The molecule has 3 N–H and O–H groups in total. The van der Waals surface area contributed by atoms with Crippen molar-refractivity contribution in [2.75, 3.05) is 25.4 Å². The summed E-state index contributed by atoms with van der Waals surface area (Å²) < 4.78 is 1.22. The van der Waals surface area contributed by atoms with E-state index >= 15 is 0 Å². The minimum absolute atomic E-state index is 0.0243. The molecule has 1 aromatic rings. The number of aromatic amines is 1. The summed E-state index contributed by atoms with van der Waals surface area (Å²) in [4.78, 5) is 40.7. The third-order valence-electron chi connectivity index (χ3n) is 5.58. The van der Waals surface area contributed by atoms with Gasteiger partial charge in [-0.15, -0.1) is 0 Å². The lowest BCUT2D eigenvalue weighted by Crippen LogP contribution is -2.45. The Morgan fingerprint density at radius 3 is 2.62 bits per heavy atom. The van der Waals surface area contributed by atoms with E-state index in [0.717, 1.165) is 25.4 Å². The van der Waals surface area contributed by atoms with Crippen molar-refractivity contribution < 1.29 is 4.79 Å². The van der Waals surface area contributed by atoms with Gasteiger partial charge in [-0.05, 0) is 38.1 Å². The van der Waals surface area contributed by atoms with Crippen LogP contribution in [0.4, 0.5) is 5.82 Å². The van der Waals surface area contributed by atoms with Crippen LogP contribution >= 0.6 is 0 Å². The second kappa shape index (κ2) is 6.93. The summed E-state index contributed by atoms with van der Waals surface area (Å²) in [5, 5.41) is 0. The quantitative estimate of drug-likeness (QED) is 0.794. The van der Waals surface area contributed by atoms with Gasteiger partial charge in [-0.1, -0.05) is 19.3 Å². The highest BCUT2D eigenvalue weighted by Crippen LogP contribution is 2.35. The molecule has 2 atom stereocenters. The van der Waals surface area contributed by atoms with Crippen LogP contribution in [-0.2, 0) is 6.54 Å². The predicted octanol–water partition coefficient (Wildman–Crippen LogP) is 0.834. The molecule has 3 rings (SSSR count). The molecule has 7 heteroatoms. The summed E-state index contributed by atoms with van der Waals surface area (Å²) in [6, 6.07) is 0. The third-order valence-corrected chi connectivity index (χ3v) is 5.58. The van der Waals surface area contributed by atoms with Gasteiger partial charge in [-0.2, -0.15) is 0 Å². The van der Waals surface area contributed by atoms with Crippen molar-refractivity contribution in [1.29, 1.82) is 0 Å². The molecule has 7 nitrogen and oxygen atoms in total. The Balaban J connectivity index is 1.76. The summed E-state index contributed by atoms with van der Waals surface area (Å²) in [6.45, 7) is 4.06.